The molecule has 0 amide bonds. The number of benzene rings is 2. The van der Waals surface area contributed by atoms with E-state index in [9.17, 15) is 0 Å². The largest absolute Gasteiger partial charge is 0.126 e. The molecule has 2 aromatic rings. The van der Waals surface area contributed by atoms with Crippen molar-refractivity contribution in [2.75, 3.05) is 5.88 Å². The maximum atomic E-state index is 6.21. The molecule has 0 aromatic heterocycles. The second kappa shape index (κ2) is 7.33. The Labute approximate surface area is 138 Å². The number of alkyl halides is 1. The van der Waals surface area contributed by atoms with Gasteiger partial charge in [0.05, 0.1) is 0 Å². The Kier molecular flexibility index (Phi) is 5.72. The highest BCUT2D eigenvalue weighted by atomic mass is 35.5. The van der Waals surface area contributed by atoms with Gasteiger partial charge in [0.15, 0.2) is 0 Å². The fourth-order valence-electron chi connectivity index (χ4n) is 2.96. The minimum Gasteiger partial charge on any atom is -0.126 e. The Morgan fingerprint density at radius 2 is 1.48 bits per heavy atom. The Balaban J connectivity index is 2.14. The zero-order valence-electron chi connectivity index (χ0n) is 12.9. The molecule has 21 heavy (non-hydrogen) atoms. The summed E-state index contributed by atoms with van der Waals surface area (Å²) in [6, 6.07) is 12.6. The minimum atomic E-state index is 0.452. The van der Waals surface area contributed by atoms with Crippen LogP contribution in [0.3, 0.4) is 0 Å². The van der Waals surface area contributed by atoms with Gasteiger partial charge in [-0.2, -0.15) is 0 Å². The summed E-state index contributed by atoms with van der Waals surface area (Å²) < 4.78 is 0. The molecule has 0 fully saturated rings. The summed E-state index contributed by atoms with van der Waals surface area (Å²) in [4.78, 5) is 0. The van der Waals surface area contributed by atoms with Crippen LogP contribution in [0.4, 0.5) is 0 Å². The van der Waals surface area contributed by atoms with E-state index in [-0.39, 0.29) is 0 Å². The highest BCUT2D eigenvalue weighted by Crippen LogP contribution is 2.23. The molecule has 2 heteroatoms. The lowest BCUT2D eigenvalue weighted by molar-refractivity contribution is 0.580. The number of hydrogen-bond donors (Lipinski definition) is 0. The van der Waals surface area contributed by atoms with E-state index in [1.165, 1.54) is 27.8 Å². The smallest absolute Gasteiger partial charge is 0.0406 e. The summed E-state index contributed by atoms with van der Waals surface area (Å²) in [7, 11) is 0. The van der Waals surface area contributed by atoms with Gasteiger partial charge < -0.3 is 0 Å². The van der Waals surface area contributed by atoms with E-state index < -0.39 is 0 Å². The Bertz CT molecular complexity index is 576. The van der Waals surface area contributed by atoms with Gasteiger partial charge in [-0.1, -0.05) is 41.4 Å². The Morgan fingerprint density at radius 1 is 0.905 bits per heavy atom. The van der Waals surface area contributed by atoms with Crippen molar-refractivity contribution in [1.29, 1.82) is 0 Å². The molecule has 2 rings (SSSR count). The highest BCUT2D eigenvalue weighted by molar-refractivity contribution is 6.30. The van der Waals surface area contributed by atoms with Crippen molar-refractivity contribution in [2.45, 2.75) is 33.6 Å². The quantitative estimate of drug-likeness (QED) is 0.601. The van der Waals surface area contributed by atoms with Gasteiger partial charge in [-0.05, 0) is 73.9 Å². The molecule has 0 saturated heterocycles. The second-order valence-electron chi connectivity index (χ2n) is 5.93. The maximum Gasteiger partial charge on any atom is 0.0406 e. The molecule has 1 unspecified atom stereocenters. The van der Waals surface area contributed by atoms with Crippen molar-refractivity contribution in [2.24, 2.45) is 5.92 Å². The molecule has 0 saturated carbocycles. The SMILES string of the molecule is Cc1cc(C)c(CC(CCl)Cc2ccc(Cl)cc2)c(C)c1. The molecule has 2 aromatic carbocycles. The Morgan fingerprint density at radius 3 is 2.00 bits per heavy atom. The maximum absolute atomic E-state index is 6.21. The van der Waals surface area contributed by atoms with Crippen LogP contribution < -0.4 is 0 Å². The molecule has 0 N–H and O–H groups in total. The first-order valence-corrected chi connectivity index (χ1v) is 8.28. The van der Waals surface area contributed by atoms with Crippen LogP contribution in [0, 0.1) is 26.7 Å². The summed E-state index contributed by atoms with van der Waals surface area (Å²) in [5, 5.41) is 0.784. The molecule has 112 valence electrons. The van der Waals surface area contributed by atoms with Gasteiger partial charge in [-0.15, -0.1) is 11.6 Å². The number of aryl methyl sites for hydroxylation is 3. The summed E-state index contributed by atoms with van der Waals surface area (Å²) in [6.07, 6.45) is 2.03. The molecule has 0 radical (unpaired) electrons. The monoisotopic (exact) mass is 320 g/mol. The lowest BCUT2D eigenvalue weighted by Gasteiger charge is -2.18. The fraction of sp³-hybridized carbons (Fsp3) is 0.368. The summed E-state index contributed by atoms with van der Waals surface area (Å²) >= 11 is 12.2. The topological polar surface area (TPSA) is 0 Å². The van der Waals surface area contributed by atoms with Gasteiger partial charge in [-0.25, -0.2) is 0 Å². The van der Waals surface area contributed by atoms with E-state index in [1.54, 1.807) is 0 Å². The lowest BCUT2D eigenvalue weighted by atomic mass is 9.89. The van der Waals surface area contributed by atoms with E-state index >= 15 is 0 Å². The molecule has 0 aliphatic heterocycles. The van der Waals surface area contributed by atoms with E-state index in [0.717, 1.165) is 17.9 Å². The van der Waals surface area contributed by atoms with Crippen molar-refractivity contribution in [3.05, 3.63) is 69.2 Å². The van der Waals surface area contributed by atoms with Crippen LogP contribution in [0.25, 0.3) is 0 Å². The van der Waals surface area contributed by atoms with E-state index in [0.29, 0.717) is 11.8 Å². The normalized spacial score (nSPS) is 12.4. The van der Waals surface area contributed by atoms with Crippen LogP contribution in [-0.4, -0.2) is 5.88 Å². The van der Waals surface area contributed by atoms with Gasteiger partial charge in [-0.3, -0.25) is 0 Å². The molecule has 0 nitrogen and oxygen atoms in total. The summed E-state index contributed by atoms with van der Waals surface area (Å²) in [5.41, 5.74) is 6.82. The fourth-order valence-corrected chi connectivity index (χ4v) is 3.30. The number of hydrogen-bond acceptors (Lipinski definition) is 0. The first-order chi connectivity index (χ1) is 9.99. The van der Waals surface area contributed by atoms with Crippen molar-refractivity contribution in [1.82, 2.24) is 0 Å². The van der Waals surface area contributed by atoms with Crippen LogP contribution in [-0.2, 0) is 12.8 Å². The van der Waals surface area contributed by atoms with E-state index in [1.807, 2.05) is 12.1 Å². The molecule has 0 heterocycles. The first kappa shape index (κ1) is 16.4. The van der Waals surface area contributed by atoms with Gasteiger partial charge in [0, 0.05) is 10.9 Å². The third-order valence-corrected chi connectivity index (χ3v) is 4.68. The molecule has 1 atom stereocenters. The third kappa shape index (κ3) is 4.49. The third-order valence-electron chi connectivity index (χ3n) is 3.99. The average molecular weight is 321 g/mol. The van der Waals surface area contributed by atoms with Crippen molar-refractivity contribution in [3.8, 4) is 0 Å². The summed E-state index contributed by atoms with van der Waals surface area (Å²) in [6.45, 7) is 6.54. The Hall–Kier alpha value is -0.980. The molecule has 0 aliphatic rings. The standard InChI is InChI=1S/C19H22Cl2/c1-13-8-14(2)19(15(3)9-13)11-17(12-20)10-16-4-6-18(21)7-5-16/h4-9,17H,10-12H2,1-3H3. The molecule has 0 bridgehead atoms. The van der Waals surface area contributed by atoms with Crippen molar-refractivity contribution in [3.63, 3.8) is 0 Å². The van der Waals surface area contributed by atoms with Gasteiger partial charge in [0.1, 0.15) is 0 Å². The predicted molar refractivity (Wildman–Crippen MR) is 93.7 cm³/mol. The van der Waals surface area contributed by atoms with E-state index in [4.69, 9.17) is 23.2 Å². The van der Waals surface area contributed by atoms with Gasteiger partial charge in [0.25, 0.3) is 0 Å². The molecule has 0 spiro atoms. The zero-order valence-corrected chi connectivity index (χ0v) is 14.4. The van der Waals surface area contributed by atoms with Crippen LogP contribution in [0.2, 0.25) is 5.02 Å². The molecular formula is C19H22Cl2. The van der Waals surface area contributed by atoms with Crippen LogP contribution >= 0.6 is 23.2 Å². The average Bonchev–Trinajstić information content (AvgIpc) is 2.43. The molecular weight excluding hydrogens is 299 g/mol. The number of rotatable bonds is 5. The summed E-state index contributed by atoms with van der Waals surface area (Å²) in [5.74, 6) is 1.13. The van der Waals surface area contributed by atoms with E-state index in [2.05, 4.69) is 45.0 Å². The van der Waals surface area contributed by atoms with Crippen LogP contribution in [0.5, 0.6) is 0 Å². The first-order valence-electron chi connectivity index (χ1n) is 7.36. The van der Waals surface area contributed by atoms with Crippen LogP contribution in [0.15, 0.2) is 36.4 Å². The lowest BCUT2D eigenvalue weighted by Crippen LogP contribution is -2.12. The minimum absolute atomic E-state index is 0.452. The van der Waals surface area contributed by atoms with Gasteiger partial charge >= 0.3 is 0 Å². The molecule has 0 aliphatic carbocycles. The predicted octanol–water partition coefficient (Wildman–Crippen LogP) is 5.91. The number of halogens is 2. The highest BCUT2D eigenvalue weighted by Gasteiger charge is 2.13. The van der Waals surface area contributed by atoms with Crippen molar-refractivity contribution < 1.29 is 0 Å². The second-order valence-corrected chi connectivity index (χ2v) is 6.68. The zero-order chi connectivity index (χ0) is 15.4. The van der Waals surface area contributed by atoms with Crippen molar-refractivity contribution >= 4 is 23.2 Å². The van der Waals surface area contributed by atoms with Gasteiger partial charge in [0.2, 0.25) is 0 Å². The van der Waals surface area contributed by atoms with Crippen LogP contribution in [0.1, 0.15) is 27.8 Å².